The summed E-state index contributed by atoms with van der Waals surface area (Å²) in [5, 5.41) is 9.77. The van der Waals surface area contributed by atoms with Gasteiger partial charge in [-0.05, 0) is 30.8 Å². The lowest BCUT2D eigenvalue weighted by atomic mass is 10.3. The second kappa shape index (κ2) is 6.95. The van der Waals surface area contributed by atoms with Crippen LogP contribution in [-0.2, 0) is 11.3 Å². The molecular weight excluding hydrogens is 274 g/mol. The average molecular weight is 291 g/mol. The predicted molar refractivity (Wildman–Crippen MR) is 78.6 cm³/mol. The Labute approximate surface area is 122 Å². The first-order valence-corrected chi connectivity index (χ1v) is 6.96. The van der Waals surface area contributed by atoms with E-state index in [1.807, 2.05) is 25.1 Å². The number of carbonyl (C=O) groups excluding carboxylic acids is 1. The molecule has 20 heavy (non-hydrogen) atoms. The Morgan fingerprint density at radius 3 is 3.05 bits per heavy atom. The number of pyridine rings is 1. The number of carbonyl (C=O) groups is 1. The predicted octanol–water partition coefficient (Wildman–Crippen LogP) is 1.92. The van der Waals surface area contributed by atoms with Gasteiger partial charge >= 0.3 is 0 Å². The Kier molecular flexibility index (Phi) is 5.00. The van der Waals surface area contributed by atoms with Crippen LogP contribution in [0.25, 0.3) is 11.5 Å². The lowest BCUT2D eigenvalue weighted by molar-refractivity contribution is -0.121. The summed E-state index contributed by atoms with van der Waals surface area (Å²) in [6.45, 7) is 3.20. The van der Waals surface area contributed by atoms with Crippen molar-refractivity contribution in [2.24, 2.45) is 0 Å². The zero-order valence-electron chi connectivity index (χ0n) is 11.3. The summed E-state index contributed by atoms with van der Waals surface area (Å²) < 4.78 is 2.29. The number of hydrogen-bond donors (Lipinski definition) is 2. The first-order valence-electron chi connectivity index (χ1n) is 6.55. The molecule has 6 nitrogen and oxygen atoms in total. The molecule has 7 heteroatoms. The third-order valence-corrected chi connectivity index (χ3v) is 3.10. The number of aromatic amines is 1. The Morgan fingerprint density at radius 1 is 1.50 bits per heavy atom. The van der Waals surface area contributed by atoms with E-state index in [1.165, 1.54) is 0 Å². The van der Waals surface area contributed by atoms with Crippen molar-refractivity contribution in [2.45, 2.75) is 26.3 Å². The molecular formula is C13H17N5OS. The van der Waals surface area contributed by atoms with Gasteiger partial charge in [-0.2, -0.15) is 5.10 Å². The van der Waals surface area contributed by atoms with Crippen molar-refractivity contribution >= 4 is 18.1 Å². The van der Waals surface area contributed by atoms with Gasteiger partial charge in [0.25, 0.3) is 0 Å². The molecule has 2 N–H and O–H groups in total. The molecule has 0 fully saturated rings. The number of nitrogens with one attached hydrogen (secondary N) is 2. The Bertz CT molecular complexity index is 619. The zero-order valence-corrected chi connectivity index (χ0v) is 12.1. The molecule has 2 aromatic rings. The van der Waals surface area contributed by atoms with Crippen molar-refractivity contribution in [1.82, 2.24) is 25.1 Å². The summed E-state index contributed by atoms with van der Waals surface area (Å²) in [5.74, 6) is 0.667. The van der Waals surface area contributed by atoms with E-state index in [-0.39, 0.29) is 5.91 Å². The molecule has 0 atom stereocenters. The summed E-state index contributed by atoms with van der Waals surface area (Å²) in [6, 6.07) is 5.59. The zero-order chi connectivity index (χ0) is 14.4. The van der Waals surface area contributed by atoms with Gasteiger partial charge in [-0.25, -0.2) is 0 Å². The molecule has 0 aliphatic rings. The fourth-order valence-electron chi connectivity index (χ4n) is 1.78. The Balaban J connectivity index is 2.11. The van der Waals surface area contributed by atoms with E-state index in [0.717, 1.165) is 12.1 Å². The number of H-pyrrole nitrogens is 1. The van der Waals surface area contributed by atoms with Gasteiger partial charge in [-0.1, -0.05) is 13.0 Å². The minimum atomic E-state index is 0.0157. The minimum absolute atomic E-state index is 0.0157. The normalized spacial score (nSPS) is 10.4. The van der Waals surface area contributed by atoms with Crippen molar-refractivity contribution < 1.29 is 4.79 Å². The second-order valence-electron chi connectivity index (χ2n) is 4.32. The molecule has 0 aromatic carbocycles. The van der Waals surface area contributed by atoms with E-state index in [2.05, 4.69) is 20.5 Å². The van der Waals surface area contributed by atoms with Gasteiger partial charge in [0.1, 0.15) is 5.69 Å². The lowest BCUT2D eigenvalue weighted by Crippen LogP contribution is -2.25. The van der Waals surface area contributed by atoms with E-state index >= 15 is 0 Å². The van der Waals surface area contributed by atoms with Gasteiger partial charge < -0.3 is 5.32 Å². The smallest absolute Gasteiger partial charge is 0.221 e. The van der Waals surface area contributed by atoms with Gasteiger partial charge in [-0.15, -0.1) is 0 Å². The van der Waals surface area contributed by atoms with Crippen LogP contribution in [0, 0.1) is 4.77 Å². The quantitative estimate of drug-likeness (QED) is 0.797. The number of aromatic nitrogens is 4. The summed E-state index contributed by atoms with van der Waals surface area (Å²) in [7, 11) is 0. The first-order chi connectivity index (χ1) is 9.72. The van der Waals surface area contributed by atoms with Crippen molar-refractivity contribution in [3.63, 3.8) is 0 Å². The highest BCUT2D eigenvalue weighted by molar-refractivity contribution is 7.71. The molecule has 0 unspecified atom stereocenters. The van der Waals surface area contributed by atoms with Crippen LogP contribution in [0.2, 0.25) is 0 Å². The molecule has 0 radical (unpaired) electrons. The fourth-order valence-corrected chi connectivity index (χ4v) is 2.01. The van der Waals surface area contributed by atoms with Crippen molar-refractivity contribution in [1.29, 1.82) is 0 Å². The van der Waals surface area contributed by atoms with Gasteiger partial charge in [0.15, 0.2) is 10.6 Å². The molecule has 0 spiro atoms. The molecule has 106 valence electrons. The van der Waals surface area contributed by atoms with Crippen molar-refractivity contribution in [3.05, 3.63) is 29.2 Å². The maximum Gasteiger partial charge on any atom is 0.221 e. The maximum absolute atomic E-state index is 11.7. The van der Waals surface area contributed by atoms with Crippen LogP contribution in [0.4, 0.5) is 0 Å². The van der Waals surface area contributed by atoms with Crippen molar-refractivity contribution in [2.75, 3.05) is 6.54 Å². The highest BCUT2D eigenvalue weighted by atomic mass is 32.1. The summed E-state index contributed by atoms with van der Waals surface area (Å²) in [5.41, 5.74) is 0.730. The van der Waals surface area contributed by atoms with Crippen LogP contribution in [0.1, 0.15) is 19.8 Å². The molecule has 0 saturated carbocycles. The molecule has 2 aromatic heterocycles. The van der Waals surface area contributed by atoms with Crippen LogP contribution >= 0.6 is 12.2 Å². The Hall–Kier alpha value is -2.02. The van der Waals surface area contributed by atoms with E-state index < -0.39 is 0 Å². The SMILES string of the molecule is CCCNC(=O)CCn1c(-c2ccccn2)n[nH]c1=S. The van der Waals surface area contributed by atoms with Crippen molar-refractivity contribution in [3.8, 4) is 11.5 Å². The third kappa shape index (κ3) is 3.51. The minimum Gasteiger partial charge on any atom is -0.356 e. The van der Waals surface area contributed by atoms with E-state index in [9.17, 15) is 4.79 Å². The molecule has 2 rings (SSSR count). The van der Waals surface area contributed by atoms with Gasteiger partial charge in [0.05, 0.1) is 0 Å². The van der Waals surface area contributed by atoms with Gasteiger partial charge in [0.2, 0.25) is 5.91 Å². The van der Waals surface area contributed by atoms with Gasteiger partial charge in [-0.3, -0.25) is 19.4 Å². The first kappa shape index (κ1) is 14.4. The van der Waals surface area contributed by atoms with Crippen LogP contribution in [-0.4, -0.2) is 32.2 Å². The van der Waals surface area contributed by atoms with Crippen LogP contribution in [0.5, 0.6) is 0 Å². The highest BCUT2D eigenvalue weighted by Crippen LogP contribution is 2.14. The standard InChI is InChI=1S/C13H17N5OS/c1-2-7-15-11(19)6-9-18-12(16-17-13(18)20)10-5-3-4-8-14-10/h3-5,8H,2,6-7,9H2,1H3,(H,15,19)(H,17,20). The largest absolute Gasteiger partial charge is 0.356 e. The van der Waals surface area contributed by atoms with E-state index in [1.54, 1.807) is 10.8 Å². The molecule has 0 bridgehead atoms. The molecule has 0 aliphatic carbocycles. The van der Waals surface area contributed by atoms with E-state index in [0.29, 0.717) is 30.1 Å². The number of rotatable bonds is 6. The average Bonchev–Trinajstić information content (AvgIpc) is 2.85. The monoisotopic (exact) mass is 291 g/mol. The topological polar surface area (TPSA) is 75.6 Å². The third-order valence-electron chi connectivity index (χ3n) is 2.79. The molecule has 0 saturated heterocycles. The van der Waals surface area contributed by atoms with Gasteiger partial charge in [0, 0.05) is 25.7 Å². The summed E-state index contributed by atoms with van der Waals surface area (Å²) in [6.07, 6.45) is 3.00. The maximum atomic E-state index is 11.7. The van der Waals surface area contributed by atoms with Crippen LogP contribution < -0.4 is 5.32 Å². The number of nitrogens with zero attached hydrogens (tertiary/aromatic N) is 3. The van der Waals surface area contributed by atoms with E-state index in [4.69, 9.17) is 12.2 Å². The lowest BCUT2D eigenvalue weighted by Gasteiger charge is -2.06. The molecule has 2 heterocycles. The second-order valence-corrected chi connectivity index (χ2v) is 4.71. The number of hydrogen-bond acceptors (Lipinski definition) is 4. The summed E-state index contributed by atoms with van der Waals surface area (Å²) in [4.78, 5) is 15.9. The number of amides is 1. The fraction of sp³-hybridized carbons (Fsp3) is 0.385. The highest BCUT2D eigenvalue weighted by Gasteiger charge is 2.10. The summed E-state index contributed by atoms with van der Waals surface area (Å²) >= 11 is 5.20. The molecule has 0 aliphatic heterocycles. The Morgan fingerprint density at radius 2 is 2.35 bits per heavy atom. The van der Waals surface area contributed by atoms with Crippen LogP contribution in [0.3, 0.4) is 0 Å². The molecule has 1 amide bonds. The van der Waals surface area contributed by atoms with Crippen LogP contribution in [0.15, 0.2) is 24.4 Å².